The van der Waals surface area contributed by atoms with Gasteiger partial charge in [-0.1, -0.05) is 17.7 Å². The van der Waals surface area contributed by atoms with E-state index in [4.69, 9.17) is 21.1 Å². The number of hydrogen-bond donors (Lipinski definition) is 0. The minimum atomic E-state index is -4.10. The Labute approximate surface area is 153 Å². The van der Waals surface area contributed by atoms with Crippen LogP contribution in [0.5, 0.6) is 5.75 Å². The number of methoxy groups -OCH3 is 2. The first-order chi connectivity index (χ1) is 11.3. The van der Waals surface area contributed by atoms with Crippen LogP contribution in [-0.4, -0.2) is 29.4 Å². The molecule has 0 bridgehead atoms. The third-order valence-corrected chi connectivity index (χ3v) is 5.80. The van der Waals surface area contributed by atoms with Gasteiger partial charge < -0.3 is 9.47 Å². The van der Waals surface area contributed by atoms with Gasteiger partial charge in [0.25, 0.3) is 10.0 Å². The van der Waals surface area contributed by atoms with Crippen molar-refractivity contribution in [3.63, 3.8) is 0 Å². The molecular formula is C15H14BrClFNO4S. The SMILES string of the molecule is COCN(c1cccc(Br)c1F)S(=O)(=O)c1ccc(OC)c(Cl)c1. The molecule has 0 amide bonds. The molecule has 0 aliphatic rings. The van der Waals surface area contributed by atoms with Gasteiger partial charge in [0.1, 0.15) is 12.5 Å². The minimum absolute atomic E-state index is 0.107. The molecular weight excluding hydrogens is 425 g/mol. The Morgan fingerprint density at radius 2 is 1.96 bits per heavy atom. The molecule has 0 saturated carbocycles. The minimum Gasteiger partial charge on any atom is -0.495 e. The number of hydrogen-bond acceptors (Lipinski definition) is 4. The molecule has 0 spiro atoms. The summed E-state index contributed by atoms with van der Waals surface area (Å²) in [5, 5.41) is 0.130. The molecule has 2 aromatic carbocycles. The first-order valence-corrected chi connectivity index (χ1v) is 9.23. The summed E-state index contributed by atoms with van der Waals surface area (Å²) in [5.41, 5.74) is -0.141. The molecule has 0 fully saturated rings. The summed E-state index contributed by atoms with van der Waals surface area (Å²) in [4.78, 5) is -0.107. The highest BCUT2D eigenvalue weighted by Gasteiger charge is 2.28. The van der Waals surface area contributed by atoms with Crippen molar-refractivity contribution in [3.8, 4) is 5.75 Å². The molecule has 130 valence electrons. The zero-order valence-corrected chi connectivity index (χ0v) is 16.0. The van der Waals surface area contributed by atoms with Crippen LogP contribution in [0.4, 0.5) is 10.1 Å². The molecule has 2 aromatic rings. The fourth-order valence-corrected chi connectivity index (χ4v) is 4.09. The summed E-state index contributed by atoms with van der Waals surface area (Å²) < 4.78 is 51.1. The van der Waals surface area contributed by atoms with E-state index < -0.39 is 15.8 Å². The summed E-state index contributed by atoms with van der Waals surface area (Å²) in [7, 11) is -1.36. The Bertz CT molecular complexity index is 847. The Kier molecular flexibility index (Phi) is 6.08. The number of benzene rings is 2. The predicted octanol–water partition coefficient (Wildman–Crippen LogP) is 4.05. The van der Waals surface area contributed by atoms with Gasteiger partial charge >= 0.3 is 0 Å². The molecule has 0 aliphatic heterocycles. The maximum atomic E-state index is 14.4. The zero-order valence-electron chi connectivity index (χ0n) is 12.8. The smallest absolute Gasteiger partial charge is 0.266 e. The highest BCUT2D eigenvalue weighted by Crippen LogP contribution is 2.33. The fraction of sp³-hybridized carbons (Fsp3) is 0.200. The second kappa shape index (κ2) is 7.69. The molecule has 0 radical (unpaired) electrons. The van der Waals surface area contributed by atoms with Crippen LogP contribution >= 0.6 is 27.5 Å². The van der Waals surface area contributed by atoms with Gasteiger partial charge in [-0.05, 0) is 46.3 Å². The molecule has 9 heteroatoms. The quantitative estimate of drug-likeness (QED) is 0.639. The standard InChI is InChI=1S/C15H14BrClFNO4S/c1-22-9-19(13-5-3-4-11(16)15(13)18)24(20,21)10-6-7-14(23-2)12(17)8-10/h3-8H,9H2,1-2H3. The predicted molar refractivity (Wildman–Crippen MR) is 93.6 cm³/mol. The second-order valence-corrected chi connectivity index (χ2v) is 7.76. The van der Waals surface area contributed by atoms with Crippen LogP contribution in [-0.2, 0) is 14.8 Å². The molecule has 0 aliphatic carbocycles. The van der Waals surface area contributed by atoms with Gasteiger partial charge in [-0.25, -0.2) is 17.1 Å². The average Bonchev–Trinajstić information content (AvgIpc) is 2.55. The normalized spacial score (nSPS) is 11.4. The van der Waals surface area contributed by atoms with Gasteiger partial charge in [0.05, 0.1) is 27.2 Å². The van der Waals surface area contributed by atoms with E-state index in [1.165, 1.54) is 50.6 Å². The third kappa shape index (κ3) is 3.66. The van der Waals surface area contributed by atoms with Crippen molar-refractivity contribution in [2.24, 2.45) is 0 Å². The van der Waals surface area contributed by atoms with Crippen molar-refractivity contribution >= 4 is 43.2 Å². The number of rotatable bonds is 6. The van der Waals surface area contributed by atoms with E-state index >= 15 is 0 Å². The number of ether oxygens (including phenoxy) is 2. The van der Waals surface area contributed by atoms with Crippen LogP contribution in [0.15, 0.2) is 45.8 Å². The van der Waals surface area contributed by atoms with Crippen molar-refractivity contribution < 1.29 is 22.3 Å². The molecule has 24 heavy (non-hydrogen) atoms. The van der Waals surface area contributed by atoms with Crippen molar-refractivity contribution in [3.05, 3.63) is 51.7 Å². The van der Waals surface area contributed by atoms with E-state index in [1.807, 2.05) is 0 Å². The lowest BCUT2D eigenvalue weighted by Gasteiger charge is -2.24. The molecule has 0 aromatic heterocycles. The van der Waals surface area contributed by atoms with Crippen molar-refractivity contribution in [1.82, 2.24) is 0 Å². The molecule has 0 unspecified atom stereocenters. The number of anilines is 1. The largest absolute Gasteiger partial charge is 0.495 e. The molecule has 2 rings (SSSR count). The van der Waals surface area contributed by atoms with E-state index in [-0.39, 0.29) is 26.8 Å². The van der Waals surface area contributed by atoms with E-state index in [1.54, 1.807) is 0 Å². The Hall–Kier alpha value is -1.35. The van der Waals surface area contributed by atoms with E-state index in [2.05, 4.69) is 15.9 Å². The van der Waals surface area contributed by atoms with Crippen molar-refractivity contribution in [2.45, 2.75) is 4.90 Å². The summed E-state index contributed by atoms with van der Waals surface area (Å²) in [6.45, 7) is -0.362. The van der Waals surface area contributed by atoms with Crippen LogP contribution in [0.3, 0.4) is 0 Å². The Morgan fingerprint density at radius 1 is 1.25 bits per heavy atom. The summed E-state index contributed by atoms with van der Waals surface area (Å²) in [6, 6.07) is 8.36. The third-order valence-electron chi connectivity index (χ3n) is 3.16. The highest BCUT2D eigenvalue weighted by atomic mass is 79.9. The lowest BCUT2D eigenvalue weighted by atomic mass is 10.3. The summed E-state index contributed by atoms with van der Waals surface area (Å²) in [6.07, 6.45) is 0. The second-order valence-electron chi connectivity index (χ2n) is 4.64. The van der Waals surface area contributed by atoms with Gasteiger partial charge in [0.2, 0.25) is 0 Å². The van der Waals surface area contributed by atoms with Crippen molar-refractivity contribution in [2.75, 3.05) is 25.3 Å². The summed E-state index contributed by atoms with van der Waals surface area (Å²) in [5.74, 6) is -0.375. The van der Waals surface area contributed by atoms with E-state index in [9.17, 15) is 12.8 Å². The van der Waals surface area contributed by atoms with Gasteiger partial charge in [0.15, 0.2) is 5.82 Å². The van der Waals surface area contributed by atoms with Gasteiger partial charge in [0, 0.05) is 7.11 Å². The van der Waals surface area contributed by atoms with Gasteiger partial charge in [-0.15, -0.1) is 0 Å². The number of sulfonamides is 1. The van der Waals surface area contributed by atoms with Crippen LogP contribution in [0, 0.1) is 5.82 Å². The van der Waals surface area contributed by atoms with Crippen LogP contribution < -0.4 is 9.04 Å². The van der Waals surface area contributed by atoms with Gasteiger partial charge in [-0.3, -0.25) is 0 Å². The first-order valence-electron chi connectivity index (χ1n) is 6.62. The molecule has 5 nitrogen and oxygen atoms in total. The van der Waals surface area contributed by atoms with Crippen LogP contribution in [0.2, 0.25) is 5.02 Å². The number of halogens is 3. The average molecular weight is 439 g/mol. The van der Waals surface area contributed by atoms with Crippen LogP contribution in [0.1, 0.15) is 0 Å². The zero-order chi connectivity index (χ0) is 17.9. The lowest BCUT2D eigenvalue weighted by molar-refractivity contribution is 0.209. The van der Waals surface area contributed by atoms with Crippen LogP contribution in [0.25, 0.3) is 0 Å². The topological polar surface area (TPSA) is 55.8 Å². The van der Waals surface area contributed by atoms with E-state index in [0.29, 0.717) is 5.75 Å². The molecule has 0 atom stereocenters. The van der Waals surface area contributed by atoms with E-state index in [0.717, 1.165) is 4.31 Å². The first kappa shape index (κ1) is 19.0. The molecule has 0 N–H and O–H groups in total. The molecule has 0 saturated heterocycles. The maximum Gasteiger partial charge on any atom is 0.266 e. The monoisotopic (exact) mass is 437 g/mol. The fourth-order valence-electron chi connectivity index (χ4n) is 2.01. The number of nitrogens with zero attached hydrogens (tertiary/aromatic N) is 1. The lowest BCUT2D eigenvalue weighted by Crippen LogP contribution is -2.33. The summed E-state index contributed by atoms with van der Waals surface area (Å²) >= 11 is 9.04. The Balaban J connectivity index is 2.57. The maximum absolute atomic E-state index is 14.4. The molecule has 0 heterocycles. The highest BCUT2D eigenvalue weighted by molar-refractivity contribution is 9.10. The van der Waals surface area contributed by atoms with Gasteiger partial charge in [-0.2, -0.15) is 0 Å². The Morgan fingerprint density at radius 3 is 2.54 bits per heavy atom. The van der Waals surface area contributed by atoms with Crippen molar-refractivity contribution in [1.29, 1.82) is 0 Å².